The molecule has 0 atom stereocenters. The van der Waals surface area contributed by atoms with Crippen LogP contribution in [0.25, 0.3) is 32.9 Å². The van der Waals surface area contributed by atoms with E-state index in [-0.39, 0.29) is 66.0 Å². The number of fused-ring (bicyclic) bond motifs is 2. The highest BCUT2D eigenvalue weighted by molar-refractivity contribution is 9.11. The second kappa shape index (κ2) is 23.6. The highest BCUT2D eigenvalue weighted by Gasteiger charge is 2.21. The van der Waals surface area contributed by atoms with E-state index in [1.165, 1.54) is 68.5 Å². The van der Waals surface area contributed by atoms with E-state index >= 15 is 0 Å². The van der Waals surface area contributed by atoms with Crippen LogP contribution in [-0.4, -0.2) is 81.8 Å². The third kappa shape index (κ3) is 12.3. The summed E-state index contributed by atoms with van der Waals surface area (Å²) in [6, 6.07) is 16.8. The number of rotatable bonds is 13. The summed E-state index contributed by atoms with van der Waals surface area (Å²) >= 11 is 5.72. The average molecular weight is 1140 g/mol. The molecule has 30 heteroatoms. The van der Waals surface area contributed by atoms with Gasteiger partial charge in [0, 0.05) is 48.9 Å². The zero-order chi connectivity index (χ0) is 54.2. The molecule has 10 rings (SSSR count). The maximum atomic E-state index is 13.5. The molecule has 0 fully saturated rings. The van der Waals surface area contributed by atoms with Crippen molar-refractivity contribution in [3.63, 3.8) is 0 Å². The predicted molar refractivity (Wildman–Crippen MR) is 275 cm³/mol. The minimum absolute atomic E-state index is 0.0204. The van der Waals surface area contributed by atoms with Crippen LogP contribution in [0.1, 0.15) is 11.4 Å². The van der Waals surface area contributed by atoms with Crippen LogP contribution in [0.4, 0.5) is 29.2 Å². The predicted octanol–water partition coefficient (Wildman–Crippen LogP) is 4.45. The summed E-state index contributed by atoms with van der Waals surface area (Å²) in [4.78, 5) is 102. The number of aromatic nitrogens is 12. The Bertz CT molecular complexity index is 4020. The topological polar surface area (TPSA) is 263 Å². The molecule has 2 amide bonds. The molecule has 76 heavy (non-hydrogen) atoms. The molecule has 0 unspecified atom stereocenters. The first-order chi connectivity index (χ1) is 36.5. The van der Waals surface area contributed by atoms with Crippen LogP contribution < -0.4 is 37.8 Å². The molecule has 0 bridgehead atoms. The number of hydrogen-bond acceptors (Lipinski definition) is 16. The smallest absolute Gasteiger partial charge is 0.537 e. The standard InChI is InChI=1S/C23H17F2N7O3S.C17H14BrN7O3S.C6H4BF2O2/c1-30-20-19(22(34)32(23(30)35)9-14-4-2-3-7-26-14)31(12-27-20)10-18(33)28-17-11-36-21(29-17)13-5-6-15(24)16(25)8-13;1-23-14-13(15(27)25(17(23)28)6-10-4-2-3-5-19-10)24(9-20-14)7-12(26)21-11-8-29-16(18)22-11;8-5-2-1-4(11-7-10)3-6(5)9/h2-8,11-12H,9-10H2,1H3,(H,28,33);2-5,8-9H,6-7H2,1H3,(H,21,26);1-3,10H. The number of amides is 2. The Kier molecular flexibility index (Phi) is 16.7. The van der Waals surface area contributed by atoms with Gasteiger partial charge in [-0.3, -0.25) is 47.4 Å². The number of nitrogens with one attached hydrogen (secondary N) is 2. The first-order valence-electron chi connectivity index (χ1n) is 21.8. The highest BCUT2D eigenvalue weighted by atomic mass is 79.9. The van der Waals surface area contributed by atoms with Gasteiger partial charge in [-0.2, -0.15) is 0 Å². The molecule has 8 aromatic heterocycles. The van der Waals surface area contributed by atoms with Gasteiger partial charge in [0.15, 0.2) is 49.5 Å². The summed E-state index contributed by atoms with van der Waals surface area (Å²) in [6.07, 6.45) is 5.83. The van der Waals surface area contributed by atoms with Gasteiger partial charge in [-0.1, -0.05) is 12.1 Å². The number of imidazole rings is 2. The molecule has 0 spiro atoms. The lowest BCUT2D eigenvalue weighted by atomic mass is 10.2. The van der Waals surface area contributed by atoms with Crippen LogP contribution in [0.5, 0.6) is 5.75 Å². The zero-order valence-electron chi connectivity index (χ0n) is 39.2. The number of anilines is 2. The van der Waals surface area contributed by atoms with Crippen molar-refractivity contribution in [3.8, 4) is 16.3 Å². The molecule has 8 heterocycles. The van der Waals surface area contributed by atoms with Crippen molar-refractivity contribution in [3.05, 3.63) is 189 Å². The van der Waals surface area contributed by atoms with E-state index < -0.39 is 51.7 Å². The maximum Gasteiger partial charge on any atom is 0.569 e. The highest BCUT2D eigenvalue weighted by Crippen LogP contribution is 2.27. The summed E-state index contributed by atoms with van der Waals surface area (Å²) in [5.74, 6) is -4.11. The van der Waals surface area contributed by atoms with Crippen LogP contribution in [0.2, 0.25) is 0 Å². The molecular formula is C46H35BBrF4N14O8S2. The van der Waals surface area contributed by atoms with Crippen LogP contribution >= 0.6 is 38.6 Å². The molecule has 22 nitrogen and oxygen atoms in total. The Labute approximate surface area is 440 Å². The van der Waals surface area contributed by atoms with E-state index in [1.807, 2.05) is 0 Å². The van der Waals surface area contributed by atoms with Crippen molar-refractivity contribution < 1.29 is 36.8 Å². The van der Waals surface area contributed by atoms with Crippen LogP contribution in [0.3, 0.4) is 0 Å². The molecule has 3 N–H and O–H groups in total. The first-order valence-corrected chi connectivity index (χ1v) is 24.3. The monoisotopic (exact) mass is 1140 g/mol. The van der Waals surface area contributed by atoms with Gasteiger partial charge in [0.2, 0.25) is 11.8 Å². The molecule has 1 radical (unpaired) electrons. The SMILES string of the molecule is Cn1c(=O)n(Cc2ccccn2)c(=O)c2c1ncn2CC(=O)Nc1csc(-c2ccc(F)c(F)c2)n1.Cn1c(=O)n(Cc2ccccn2)c(=O)c2c1ncn2CC(=O)Nc1csc(Br)n1.O[B]Oc1ccc(F)c(F)c1. The lowest BCUT2D eigenvalue weighted by molar-refractivity contribution is -0.117. The number of aryl methyl sites for hydroxylation is 2. The number of pyridine rings is 2. The lowest BCUT2D eigenvalue weighted by Gasteiger charge is -2.09. The van der Waals surface area contributed by atoms with E-state index in [1.54, 1.807) is 59.6 Å². The molecule has 0 saturated heterocycles. The van der Waals surface area contributed by atoms with Crippen molar-refractivity contribution in [2.45, 2.75) is 26.2 Å². The first kappa shape index (κ1) is 53.6. The van der Waals surface area contributed by atoms with Crippen LogP contribution in [0, 0.1) is 23.3 Å². The number of halogens is 5. The second-order valence-electron chi connectivity index (χ2n) is 15.7. The molecule has 0 aliphatic carbocycles. The number of benzene rings is 2. The number of hydrogen-bond donors (Lipinski definition) is 3. The number of nitrogens with zero attached hydrogens (tertiary/aromatic N) is 12. The van der Waals surface area contributed by atoms with Crippen molar-refractivity contribution in [2.75, 3.05) is 10.6 Å². The van der Waals surface area contributed by atoms with Gasteiger partial charge in [-0.15, -0.1) is 22.7 Å². The van der Waals surface area contributed by atoms with Crippen molar-refractivity contribution in [2.24, 2.45) is 14.1 Å². The second-order valence-corrected chi connectivity index (χ2v) is 18.7. The maximum absolute atomic E-state index is 13.5. The number of thiazole rings is 2. The zero-order valence-corrected chi connectivity index (χ0v) is 42.4. The van der Waals surface area contributed by atoms with E-state index in [4.69, 9.17) is 5.02 Å². The average Bonchev–Trinajstić information content (AvgIpc) is 4.25. The number of carbonyl (C=O) groups is 2. The van der Waals surface area contributed by atoms with Gasteiger partial charge in [0.25, 0.3) is 11.1 Å². The molecule has 10 aromatic rings. The van der Waals surface area contributed by atoms with Gasteiger partial charge in [-0.05, 0) is 70.5 Å². The largest absolute Gasteiger partial charge is 0.569 e. The quantitative estimate of drug-likeness (QED) is 0.107. The summed E-state index contributed by atoms with van der Waals surface area (Å²) in [5, 5.41) is 17.0. The molecule has 0 aliphatic rings. The Morgan fingerprint density at radius 1 is 0.658 bits per heavy atom. The van der Waals surface area contributed by atoms with Gasteiger partial charge >= 0.3 is 19.1 Å². The molecule has 2 aromatic carbocycles. The fraction of sp³-hybridized carbons (Fsp3) is 0.130. The third-order valence-electron chi connectivity index (χ3n) is 10.7. The van der Waals surface area contributed by atoms with Crippen molar-refractivity contribution >= 4 is 92.1 Å². The molecule has 387 valence electrons. The van der Waals surface area contributed by atoms with Crippen LogP contribution in [-0.2, 0) is 49.9 Å². The molecule has 0 saturated carbocycles. The van der Waals surface area contributed by atoms with Gasteiger partial charge in [0.05, 0.1) is 37.1 Å². The van der Waals surface area contributed by atoms with Crippen LogP contribution in [0.15, 0.2) is 132 Å². The fourth-order valence-corrected chi connectivity index (χ4v) is 8.85. The Morgan fingerprint density at radius 2 is 1.16 bits per heavy atom. The minimum atomic E-state index is -1.01. The van der Waals surface area contributed by atoms with Gasteiger partial charge in [-0.25, -0.2) is 47.1 Å². The Hall–Kier alpha value is -8.74. The normalized spacial score (nSPS) is 10.9. The summed E-state index contributed by atoms with van der Waals surface area (Å²) in [6.45, 7) is -0.438. The van der Waals surface area contributed by atoms with E-state index in [9.17, 15) is 46.3 Å². The van der Waals surface area contributed by atoms with Crippen molar-refractivity contribution in [1.82, 2.24) is 57.3 Å². The Morgan fingerprint density at radius 3 is 1.62 bits per heavy atom. The minimum Gasteiger partial charge on any atom is -0.537 e. The molecular weight excluding hydrogens is 1110 g/mol. The lowest BCUT2D eigenvalue weighted by Crippen LogP contribution is -2.40. The Balaban J connectivity index is 0.000000171. The number of carbonyl (C=O) groups excluding carboxylic acids is 2. The van der Waals surface area contributed by atoms with E-state index in [2.05, 4.69) is 61.1 Å². The van der Waals surface area contributed by atoms with Crippen molar-refractivity contribution in [1.29, 1.82) is 0 Å². The summed E-state index contributed by atoms with van der Waals surface area (Å²) in [7, 11) is 3.42. The summed E-state index contributed by atoms with van der Waals surface area (Å²) < 4.78 is 63.7. The van der Waals surface area contributed by atoms with E-state index in [0.29, 0.717) is 39.4 Å². The molecule has 0 aliphatic heterocycles. The van der Waals surface area contributed by atoms with Gasteiger partial charge in [0.1, 0.15) is 35.5 Å². The van der Waals surface area contributed by atoms with Gasteiger partial charge < -0.3 is 29.4 Å². The third-order valence-corrected chi connectivity index (χ3v) is 12.9. The fourth-order valence-electron chi connectivity index (χ4n) is 7.16. The van der Waals surface area contributed by atoms with E-state index in [0.717, 1.165) is 44.7 Å². The summed E-state index contributed by atoms with van der Waals surface area (Å²) in [5.41, 5.74) is -0.116.